The quantitative estimate of drug-likeness (QED) is 0.283. The first-order valence-electron chi connectivity index (χ1n) is 10.4. The van der Waals surface area contributed by atoms with Gasteiger partial charge in [0.05, 0.1) is 28.2 Å². The second-order valence-corrected chi connectivity index (χ2v) is 10.4. The van der Waals surface area contributed by atoms with E-state index in [0.717, 1.165) is 12.1 Å². The summed E-state index contributed by atoms with van der Waals surface area (Å²) in [7, 11) is -3.73. The van der Waals surface area contributed by atoms with Crippen molar-refractivity contribution in [1.82, 2.24) is 4.90 Å². The van der Waals surface area contributed by atoms with Gasteiger partial charge in [-0.15, -0.1) is 0 Å². The fraction of sp³-hybridized carbons (Fsp3) is 0.619. The molecule has 0 heterocycles. The Hall–Kier alpha value is -2.69. The molecule has 1 aromatic rings. The third-order valence-corrected chi connectivity index (χ3v) is 6.35. The van der Waals surface area contributed by atoms with Crippen LogP contribution in [-0.2, 0) is 24.1 Å². The number of non-ortho nitro benzene ring substituents is 1. The second-order valence-electron chi connectivity index (χ2n) is 8.14. The Morgan fingerprint density at radius 1 is 1.22 bits per heavy atom. The normalized spacial score (nSPS) is 12.7. The van der Waals surface area contributed by atoms with Crippen molar-refractivity contribution in [2.45, 2.75) is 70.9 Å². The predicted molar refractivity (Wildman–Crippen MR) is 118 cm³/mol. The van der Waals surface area contributed by atoms with Gasteiger partial charge < -0.3 is 14.4 Å². The van der Waals surface area contributed by atoms with E-state index < -0.39 is 38.5 Å². The van der Waals surface area contributed by atoms with Crippen LogP contribution in [0.25, 0.3) is 0 Å². The SMILES string of the molecule is CCOC(=O)CCCN(C(=O)OC(C)(C)C)C(C)c1cc([N+](=O)[O-])ccc1S(=O)(=O)CC. The number of ether oxygens (including phenoxy) is 2. The molecule has 0 spiro atoms. The Labute approximate surface area is 188 Å². The molecule has 1 atom stereocenters. The Kier molecular flexibility index (Phi) is 9.62. The highest BCUT2D eigenvalue weighted by molar-refractivity contribution is 7.91. The van der Waals surface area contributed by atoms with Crippen molar-refractivity contribution >= 4 is 27.6 Å². The first kappa shape index (κ1) is 27.3. The molecule has 0 fully saturated rings. The number of nitrogens with zero attached hydrogens (tertiary/aromatic N) is 2. The first-order valence-corrected chi connectivity index (χ1v) is 12.0. The summed E-state index contributed by atoms with van der Waals surface area (Å²) >= 11 is 0. The Bertz CT molecular complexity index is 938. The number of carbonyl (C=O) groups is 2. The molecule has 0 aliphatic heterocycles. The van der Waals surface area contributed by atoms with Crippen LogP contribution in [0, 0.1) is 10.1 Å². The summed E-state index contributed by atoms with van der Waals surface area (Å²) in [6.45, 7) is 10.1. The summed E-state index contributed by atoms with van der Waals surface area (Å²) in [6.07, 6.45) is -0.428. The lowest BCUT2D eigenvalue weighted by Gasteiger charge is -2.32. The zero-order valence-corrected chi connectivity index (χ0v) is 20.2. The topological polar surface area (TPSA) is 133 Å². The van der Waals surface area contributed by atoms with E-state index in [-0.39, 0.29) is 47.9 Å². The number of hydrogen-bond acceptors (Lipinski definition) is 8. The highest BCUT2D eigenvalue weighted by atomic mass is 32.2. The zero-order chi connectivity index (χ0) is 24.7. The number of benzene rings is 1. The molecule has 1 rings (SSSR count). The molecule has 1 unspecified atom stereocenters. The molecule has 32 heavy (non-hydrogen) atoms. The molecular formula is C21H32N2O8S. The molecule has 0 bridgehead atoms. The number of hydrogen-bond donors (Lipinski definition) is 0. The molecule has 0 aliphatic rings. The van der Waals surface area contributed by atoms with E-state index in [1.807, 2.05) is 0 Å². The molecule has 1 aromatic carbocycles. The molecule has 0 saturated heterocycles. The van der Waals surface area contributed by atoms with Gasteiger partial charge in [-0.3, -0.25) is 14.9 Å². The average Bonchev–Trinajstić information content (AvgIpc) is 2.69. The van der Waals surface area contributed by atoms with Gasteiger partial charge in [0.15, 0.2) is 9.84 Å². The van der Waals surface area contributed by atoms with Gasteiger partial charge >= 0.3 is 12.1 Å². The molecule has 0 radical (unpaired) electrons. The summed E-state index contributed by atoms with van der Waals surface area (Å²) in [5.41, 5.74) is -1.00. The largest absolute Gasteiger partial charge is 0.466 e. The first-order chi connectivity index (χ1) is 14.7. The van der Waals surface area contributed by atoms with Crippen molar-refractivity contribution in [3.05, 3.63) is 33.9 Å². The van der Waals surface area contributed by atoms with Gasteiger partial charge in [-0.05, 0) is 52.7 Å². The molecule has 180 valence electrons. The number of nitro benzene ring substituents is 1. The van der Waals surface area contributed by atoms with Crippen LogP contribution >= 0.6 is 0 Å². The number of carbonyl (C=O) groups excluding carboxylic acids is 2. The van der Waals surface area contributed by atoms with Gasteiger partial charge in [0.25, 0.3) is 5.69 Å². The number of esters is 1. The van der Waals surface area contributed by atoms with Crippen LogP contribution in [0.3, 0.4) is 0 Å². The third kappa shape index (κ3) is 7.77. The van der Waals surface area contributed by atoms with Crippen molar-refractivity contribution < 1.29 is 32.4 Å². The molecule has 0 aromatic heterocycles. The van der Waals surface area contributed by atoms with Crippen LogP contribution in [0.1, 0.15) is 66.0 Å². The third-order valence-electron chi connectivity index (χ3n) is 4.55. The van der Waals surface area contributed by atoms with Gasteiger partial charge in [-0.1, -0.05) is 6.92 Å². The second kappa shape index (κ2) is 11.3. The summed E-state index contributed by atoms with van der Waals surface area (Å²) in [5, 5.41) is 11.3. The number of sulfone groups is 1. The van der Waals surface area contributed by atoms with Crippen LogP contribution in [0.5, 0.6) is 0 Å². The predicted octanol–water partition coefficient (Wildman–Crippen LogP) is 4.03. The molecule has 11 heteroatoms. The number of rotatable bonds is 10. The summed E-state index contributed by atoms with van der Waals surface area (Å²) < 4.78 is 35.6. The Balaban J connectivity index is 3.42. The van der Waals surface area contributed by atoms with E-state index in [2.05, 4.69) is 0 Å². The summed E-state index contributed by atoms with van der Waals surface area (Å²) in [6, 6.07) is 2.60. The maximum absolute atomic E-state index is 12.9. The van der Waals surface area contributed by atoms with Crippen LogP contribution in [-0.4, -0.2) is 54.8 Å². The fourth-order valence-electron chi connectivity index (χ4n) is 2.97. The lowest BCUT2D eigenvalue weighted by Crippen LogP contribution is -2.39. The average molecular weight is 473 g/mol. The maximum Gasteiger partial charge on any atom is 0.410 e. The van der Waals surface area contributed by atoms with E-state index in [0.29, 0.717) is 0 Å². The van der Waals surface area contributed by atoms with Crippen molar-refractivity contribution in [1.29, 1.82) is 0 Å². The van der Waals surface area contributed by atoms with Gasteiger partial charge in [-0.25, -0.2) is 13.2 Å². The Morgan fingerprint density at radius 2 is 1.84 bits per heavy atom. The minimum absolute atomic E-state index is 0.0505. The Morgan fingerprint density at radius 3 is 2.34 bits per heavy atom. The van der Waals surface area contributed by atoms with Gasteiger partial charge in [0.2, 0.25) is 0 Å². The van der Waals surface area contributed by atoms with Crippen molar-refractivity contribution in [2.24, 2.45) is 0 Å². The molecular weight excluding hydrogens is 440 g/mol. The monoisotopic (exact) mass is 472 g/mol. The van der Waals surface area contributed by atoms with Gasteiger partial charge in [-0.2, -0.15) is 0 Å². The fourth-order valence-corrected chi connectivity index (χ4v) is 4.15. The van der Waals surface area contributed by atoms with Crippen LogP contribution in [0.4, 0.5) is 10.5 Å². The van der Waals surface area contributed by atoms with Crippen molar-refractivity contribution in [3.8, 4) is 0 Å². The van der Waals surface area contributed by atoms with E-state index >= 15 is 0 Å². The lowest BCUT2D eigenvalue weighted by atomic mass is 10.1. The molecule has 1 amide bonds. The minimum Gasteiger partial charge on any atom is -0.466 e. The van der Waals surface area contributed by atoms with E-state index in [9.17, 15) is 28.1 Å². The molecule has 10 nitrogen and oxygen atoms in total. The highest BCUT2D eigenvalue weighted by Crippen LogP contribution is 2.32. The smallest absolute Gasteiger partial charge is 0.410 e. The lowest BCUT2D eigenvalue weighted by molar-refractivity contribution is -0.385. The van der Waals surface area contributed by atoms with E-state index in [4.69, 9.17) is 9.47 Å². The van der Waals surface area contributed by atoms with Gasteiger partial charge in [0, 0.05) is 25.1 Å². The van der Waals surface area contributed by atoms with Crippen LogP contribution in [0.15, 0.2) is 23.1 Å². The van der Waals surface area contributed by atoms with Gasteiger partial charge in [0.1, 0.15) is 5.60 Å². The standard InChI is InChI=1S/C21H32N2O8S/c1-7-30-19(24)10-9-13-22(20(25)31-21(4,5)6)15(3)17-14-16(23(26)27)11-12-18(17)32(28,29)8-2/h11-12,14-15H,7-10,13H2,1-6H3. The highest BCUT2D eigenvalue weighted by Gasteiger charge is 2.31. The van der Waals surface area contributed by atoms with Crippen LogP contribution < -0.4 is 0 Å². The number of nitro groups is 1. The molecule has 0 aliphatic carbocycles. The minimum atomic E-state index is -3.73. The molecule has 0 saturated carbocycles. The summed E-state index contributed by atoms with van der Waals surface area (Å²) in [4.78, 5) is 36.5. The summed E-state index contributed by atoms with van der Waals surface area (Å²) in [5.74, 6) is -0.631. The maximum atomic E-state index is 12.9. The van der Waals surface area contributed by atoms with Crippen molar-refractivity contribution in [2.75, 3.05) is 18.9 Å². The number of amides is 1. The van der Waals surface area contributed by atoms with Crippen molar-refractivity contribution in [3.63, 3.8) is 0 Å². The van der Waals surface area contributed by atoms with E-state index in [1.165, 1.54) is 17.9 Å². The van der Waals surface area contributed by atoms with Crippen LogP contribution in [0.2, 0.25) is 0 Å². The molecule has 0 N–H and O–H groups in total. The zero-order valence-electron chi connectivity index (χ0n) is 19.4. The van der Waals surface area contributed by atoms with E-state index in [1.54, 1.807) is 34.6 Å².